The number of nitrogens with one attached hydrogen (secondary N) is 1. The molecule has 0 saturated carbocycles. The zero-order valence-electron chi connectivity index (χ0n) is 20.5. The van der Waals surface area contributed by atoms with Gasteiger partial charge in [0, 0.05) is 37.5 Å². The highest BCUT2D eigenvalue weighted by molar-refractivity contribution is 5.59. The molecule has 3 N–H and O–H groups in total. The highest BCUT2D eigenvalue weighted by Gasteiger charge is 2.14. The summed E-state index contributed by atoms with van der Waals surface area (Å²) in [5.41, 5.74) is 6.90. The topological polar surface area (TPSA) is 54.2 Å². The molecule has 1 aromatic rings. The van der Waals surface area contributed by atoms with Gasteiger partial charge in [-0.2, -0.15) is 0 Å². The van der Waals surface area contributed by atoms with E-state index in [2.05, 4.69) is 17.1 Å². The standard InChI is InChI=1S/C27H50N4/c1-2-3-4-5-6-7-8-9-10-11-12-13-14-15-16-17-20-29-26-23-25(28)24-27(30-26)31-21-18-19-22-31/h23-24H,2-22H2,1H3,(H3,28,29,30). The predicted octanol–water partition coefficient (Wildman–Crippen LogP) is 7.94. The van der Waals surface area contributed by atoms with Gasteiger partial charge in [0.2, 0.25) is 0 Å². The molecule has 1 aliphatic heterocycles. The number of nitrogens with zero attached hydrogens (tertiary/aromatic N) is 2. The summed E-state index contributed by atoms with van der Waals surface area (Å²) in [7, 11) is 0. The maximum absolute atomic E-state index is 6.09. The zero-order valence-corrected chi connectivity index (χ0v) is 20.5. The van der Waals surface area contributed by atoms with Crippen molar-refractivity contribution in [3.63, 3.8) is 0 Å². The number of pyridine rings is 1. The molecular weight excluding hydrogens is 380 g/mol. The number of hydrogen-bond acceptors (Lipinski definition) is 4. The Morgan fingerprint density at radius 3 is 1.74 bits per heavy atom. The van der Waals surface area contributed by atoms with Gasteiger partial charge in [0.15, 0.2) is 0 Å². The SMILES string of the molecule is CCCCCCCCCCCCCCCCCCNc1cc(N)cc(N2CCCC2)n1. The van der Waals surface area contributed by atoms with Crippen LogP contribution >= 0.6 is 0 Å². The fraction of sp³-hybridized carbons (Fsp3) is 0.815. The molecule has 2 heterocycles. The Bertz CT molecular complexity index is 554. The summed E-state index contributed by atoms with van der Waals surface area (Å²) in [5, 5.41) is 3.48. The van der Waals surface area contributed by atoms with Crippen molar-refractivity contribution in [3.05, 3.63) is 12.1 Å². The maximum atomic E-state index is 6.09. The molecule has 31 heavy (non-hydrogen) atoms. The number of rotatable bonds is 19. The minimum Gasteiger partial charge on any atom is -0.399 e. The second-order valence-corrected chi connectivity index (χ2v) is 9.57. The summed E-state index contributed by atoms with van der Waals surface area (Å²) in [6.45, 7) is 5.50. The molecular formula is C27H50N4. The van der Waals surface area contributed by atoms with Crippen LogP contribution in [0.15, 0.2) is 12.1 Å². The monoisotopic (exact) mass is 430 g/mol. The van der Waals surface area contributed by atoms with E-state index >= 15 is 0 Å². The second-order valence-electron chi connectivity index (χ2n) is 9.57. The maximum Gasteiger partial charge on any atom is 0.133 e. The second kappa shape index (κ2) is 17.1. The lowest BCUT2D eigenvalue weighted by atomic mass is 10.0. The minimum atomic E-state index is 0.811. The van der Waals surface area contributed by atoms with Crippen LogP contribution in [-0.2, 0) is 0 Å². The van der Waals surface area contributed by atoms with E-state index in [1.165, 1.54) is 116 Å². The third-order valence-electron chi connectivity index (χ3n) is 6.60. The molecule has 0 spiro atoms. The Morgan fingerprint density at radius 2 is 1.23 bits per heavy atom. The number of hydrogen-bond donors (Lipinski definition) is 2. The summed E-state index contributed by atoms with van der Waals surface area (Å²) in [4.78, 5) is 7.10. The van der Waals surface area contributed by atoms with E-state index in [-0.39, 0.29) is 0 Å². The van der Waals surface area contributed by atoms with E-state index in [1.54, 1.807) is 0 Å². The van der Waals surface area contributed by atoms with Crippen LogP contribution in [0.5, 0.6) is 0 Å². The van der Waals surface area contributed by atoms with E-state index in [1.807, 2.05) is 12.1 Å². The van der Waals surface area contributed by atoms with Gasteiger partial charge in [0.25, 0.3) is 0 Å². The van der Waals surface area contributed by atoms with Crippen molar-refractivity contribution in [2.45, 2.75) is 122 Å². The van der Waals surface area contributed by atoms with Crippen LogP contribution in [-0.4, -0.2) is 24.6 Å². The van der Waals surface area contributed by atoms with E-state index < -0.39 is 0 Å². The van der Waals surface area contributed by atoms with Gasteiger partial charge >= 0.3 is 0 Å². The Balaban J connectivity index is 1.37. The lowest BCUT2D eigenvalue weighted by Crippen LogP contribution is -2.19. The van der Waals surface area contributed by atoms with Gasteiger partial charge in [-0.1, -0.05) is 103 Å². The predicted molar refractivity (Wildman–Crippen MR) is 138 cm³/mol. The fourth-order valence-electron chi connectivity index (χ4n) is 4.62. The normalized spacial score (nSPS) is 13.8. The van der Waals surface area contributed by atoms with Crippen LogP contribution in [0.4, 0.5) is 17.3 Å². The first-order valence-corrected chi connectivity index (χ1v) is 13.6. The largest absolute Gasteiger partial charge is 0.399 e. The number of anilines is 3. The minimum absolute atomic E-state index is 0.811. The van der Waals surface area contributed by atoms with E-state index in [0.717, 1.165) is 37.0 Å². The lowest BCUT2D eigenvalue weighted by Gasteiger charge is -2.18. The molecule has 1 aromatic heterocycles. The van der Waals surface area contributed by atoms with Gasteiger partial charge in [-0.05, 0) is 19.3 Å². The van der Waals surface area contributed by atoms with Gasteiger partial charge in [0.05, 0.1) is 0 Å². The Kier molecular flexibility index (Phi) is 14.3. The molecule has 2 rings (SSSR count). The first-order valence-electron chi connectivity index (χ1n) is 13.6. The van der Waals surface area contributed by atoms with Gasteiger partial charge in [-0.25, -0.2) is 4.98 Å². The number of aromatic nitrogens is 1. The van der Waals surface area contributed by atoms with Gasteiger partial charge < -0.3 is 16.0 Å². The third-order valence-corrected chi connectivity index (χ3v) is 6.60. The van der Waals surface area contributed by atoms with E-state index in [0.29, 0.717) is 0 Å². The average Bonchev–Trinajstić information content (AvgIpc) is 3.31. The molecule has 1 saturated heterocycles. The summed E-state index contributed by atoms with van der Waals surface area (Å²) in [5.74, 6) is 1.97. The molecule has 0 aliphatic carbocycles. The number of nitrogen functional groups attached to an aromatic ring is 1. The molecule has 4 nitrogen and oxygen atoms in total. The molecule has 178 valence electrons. The smallest absolute Gasteiger partial charge is 0.133 e. The molecule has 4 heteroatoms. The quantitative estimate of drug-likeness (QED) is 0.219. The van der Waals surface area contributed by atoms with Crippen molar-refractivity contribution >= 4 is 17.3 Å². The van der Waals surface area contributed by atoms with Crippen LogP contribution in [0.2, 0.25) is 0 Å². The summed E-state index contributed by atoms with van der Waals surface area (Å²) >= 11 is 0. The first-order chi connectivity index (χ1) is 15.3. The van der Waals surface area contributed by atoms with Crippen molar-refractivity contribution in [1.82, 2.24) is 4.98 Å². The van der Waals surface area contributed by atoms with Gasteiger partial charge in [-0.3, -0.25) is 0 Å². The van der Waals surface area contributed by atoms with Gasteiger partial charge in [-0.15, -0.1) is 0 Å². The van der Waals surface area contributed by atoms with Gasteiger partial charge in [0.1, 0.15) is 11.6 Å². The van der Waals surface area contributed by atoms with Crippen molar-refractivity contribution in [3.8, 4) is 0 Å². The van der Waals surface area contributed by atoms with Crippen LogP contribution in [0.25, 0.3) is 0 Å². The molecule has 0 atom stereocenters. The average molecular weight is 431 g/mol. The van der Waals surface area contributed by atoms with Crippen LogP contribution in [0, 0.1) is 0 Å². The Morgan fingerprint density at radius 1 is 0.742 bits per heavy atom. The van der Waals surface area contributed by atoms with Crippen molar-refractivity contribution in [2.75, 3.05) is 35.6 Å². The first kappa shape index (κ1) is 25.8. The van der Waals surface area contributed by atoms with Crippen molar-refractivity contribution in [1.29, 1.82) is 0 Å². The Labute approximate surface area is 192 Å². The third kappa shape index (κ3) is 12.2. The van der Waals surface area contributed by atoms with E-state index in [4.69, 9.17) is 10.7 Å². The molecule has 0 aromatic carbocycles. The van der Waals surface area contributed by atoms with E-state index in [9.17, 15) is 0 Å². The molecule has 1 fully saturated rings. The number of nitrogens with two attached hydrogens (primary N) is 1. The highest BCUT2D eigenvalue weighted by Crippen LogP contribution is 2.23. The summed E-state index contributed by atoms with van der Waals surface area (Å²) < 4.78 is 0. The van der Waals surface area contributed by atoms with Crippen molar-refractivity contribution in [2.24, 2.45) is 0 Å². The molecule has 0 bridgehead atoms. The molecule has 1 aliphatic rings. The highest BCUT2D eigenvalue weighted by atomic mass is 15.2. The lowest BCUT2D eigenvalue weighted by molar-refractivity contribution is 0.530. The fourth-order valence-corrected chi connectivity index (χ4v) is 4.62. The van der Waals surface area contributed by atoms with Crippen LogP contribution < -0.4 is 16.0 Å². The molecule has 0 unspecified atom stereocenters. The molecule has 0 radical (unpaired) electrons. The van der Waals surface area contributed by atoms with Crippen molar-refractivity contribution < 1.29 is 0 Å². The van der Waals surface area contributed by atoms with Crippen LogP contribution in [0.1, 0.15) is 122 Å². The zero-order chi connectivity index (χ0) is 22.0. The Hall–Kier alpha value is -1.45. The molecule has 0 amide bonds. The summed E-state index contributed by atoms with van der Waals surface area (Å²) in [6, 6.07) is 3.97. The number of unbranched alkanes of at least 4 members (excludes halogenated alkanes) is 15. The summed E-state index contributed by atoms with van der Waals surface area (Å²) in [6.07, 6.45) is 25.1. The van der Waals surface area contributed by atoms with Crippen LogP contribution in [0.3, 0.4) is 0 Å².